The summed E-state index contributed by atoms with van der Waals surface area (Å²) in [4.78, 5) is 1.22. The lowest BCUT2D eigenvalue weighted by molar-refractivity contribution is 0.148. The zero-order valence-corrected chi connectivity index (χ0v) is 11.7. The molecule has 96 valence electrons. The largest absolute Gasteiger partial charge is 0.380 e. The molecule has 0 amide bonds. The number of halogens is 1. The van der Waals surface area contributed by atoms with Crippen molar-refractivity contribution in [2.75, 3.05) is 26.3 Å². The number of ether oxygens (including phenoxy) is 1. The lowest BCUT2D eigenvalue weighted by Gasteiger charge is -2.18. The molecule has 17 heavy (non-hydrogen) atoms. The Morgan fingerprint density at radius 3 is 2.94 bits per heavy atom. The predicted molar refractivity (Wildman–Crippen MR) is 68.1 cm³/mol. The molecule has 2 rings (SSSR count). The van der Waals surface area contributed by atoms with Gasteiger partial charge in [-0.2, -0.15) is 4.31 Å². The van der Waals surface area contributed by atoms with E-state index in [1.54, 1.807) is 11.4 Å². The molecule has 4 nitrogen and oxygen atoms in total. The van der Waals surface area contributed by atoms with E-state index in [1.807, 2.05) is 0 Å². The van der Waals surface area contributed by atoms with Crippen LogP contribution >= 0.6 is 22.9 Å². The summed E-state index contributed by atoms with van der Waals surface area (Å²) in [7, 11) is -3.37. The van der Waals surface area contributed by atoms with E-state index in [1.165, 1.54) is 15.6 Å². The quantitative estimate of drug-likeness (QED) is 0.800. The number of hydrogen-bond donors (Lipinski definition) is 0. The number of alkyl halides is 1. The van der Waals surface area contributed by atoms with Gasteiger partial charge in [-0.05, 0) is 12.5 Å². The summed E-state index contributed by atoms with van der Waals surface area (Å²) in [5.41, 5.74) is 0. The monoisotopic (exact) mass is 295 g/mol. The van der Waals surface area contributed by atoms with E-state index in [9.17, 15) is 8.42 Å². The van der Waals surface area contributed by atoms with Crippen molar-refractivity contribution in [3.8, 4) is 0 Å². The predicted octanol–water partition coefficient (Wildman–Crippen LogP) is 1.90. The molecule has 0 saturated carbocycles. The summed E-state index contributed by atoms with van der Waals surface area (Å²) < 4.78 is 31.4. The van der Waals surface area contributed by atoms with Gasteiger partial charge < -0.3 is 4.74 Å². The molecular weight excluding hydrogens is 282 g/mol. The molecular formula is C10H14ClNO3S2. The maximum Gasteiger partial charge on any atom is 0.243 e. The van der Waals surface area contributed by atoms with Crippen LogP contribution in [0.4, 0.5) is 0 Å². The third-order valence-electron chi connectivity index (χ3n) is 2.58. The molecule has 7 heteroatoms. The Kier molecular flexibility index (Phi) is 4.43. The van der Waals surface area contributed by atoms with Crippen molar-refractivity contribution in [2.24, 2.45) is 0 Å². The molecule has 1 aliphatic heterocycles. The first kappa shape index (κ1) is 13.3. The summed E-state index contributed by atoms with van der Waals surface area (Å²) in [6.45, 7) is 2.04. The Morgan fingerprint density at radius 2 is 2.24 bits per heavy atom. The molecule has 2 heterocycles. The van der Waals surface area contributed by atoms with Gasteiger partial charge in [0.2, 0.25) is 10.0 Å². The molecule has 1 saturated heterocycles. The second-order valence-corrected chi connectivity index (χ2v) is 6.95. The van der Waals surface area contributed by atoms with Crippen LogP contribution in [0.2, 0.25) is 0 Å². The van der Waals surface area contributed by atoms with Gasteiger partial charge in [0.05, 0.1) is 17.4 Å². The first-order chi connectivity index (χ1) is 8.14. The average molecular weight is 296 g/mol. The maximum atomic E-state index is 12.3. The maximum absolute atomic E-state index is 12.3. The summed E-state index contributed by atoms with van der Waals surface area (Å²) >= 11 is 7.06. The zero-order valence-electron chi connectivity index (χ0n) is 9.26. The van der Waals surface area contributed by atoms with Crippen LogP contribution in [0, 0.1) is 0 Å². The van der Waals surface area contributed by atoms with Gasteiger partial charge in [0.15, 0.2) is 0 Å². The number of thiophene rings is 1. The molecule has 0 unspecified atom stereocenters. The van der Waals surface area contributed by atoms with E-state index in [0.717, 1.165) is 11.3 Å². The summed E-state index contributed by atoms with van der Waals surface area (Å²) in [6, 6.07) is 1.65. The van der Waals surface area contributed by atoms with E-state index in [-0.39, 0.29) is 0 Å². The van der Waals surface area contributed by atoms with Gasteiger partial charge in [-0.25, -0.2) is 8.42 Å². The van der Waals surface area contributed by atoms with Crippen LogP contribution < -0.4 is 0 Å². The van der Waals surface area contributed by atoms with Crippen LogP contribution in [-0.4, -0.2) is 39.0 Å². The molecule has 1 aromatic heterocycles. The van der Waals surface area contributed by atoms with Crippen LogP contribution in [-0.2, 0) is 20.6 Å². The van der Waals surface area contributed by atoms with Crippen LogP contribution in [0.5, 0.6) is 0 Å². The Hall–Kier alpha value is -0.140. The van der Waals surface area contributed by atoms with Crippen LogP contribution in [0.3, 0.4) is 0 Å². The topological polar surface area (TPSA) is 46.6 Å². The lowest BCUT2D eigenvalue weighted by atomic mass is 10.5. The minimum absolute atomic E-state index is 0.347. The minimum Gasteiger partial charge on any atom is -0.380 e. The van der Waals surface area contributed by atoms with Crippen LogP contribution in [0.15, 0.2) is 16.3 Å². The van der Waals surface area contributed by atoms with Gasteiger partial charge in [0.1, 0.15) is 0 Å². The van der Waals surface area contributed by atoms with Gasteiger partial charge in [-0.3, -0.25) is 0 Å². The molecule has 0 N–H and O–H groups in total. The Morgan fingerprint density at radius 1 is 1.41 bits per heavy atom. The molecule has 0 atom stereocenters. The third-order valence-corrected chi connectivity index (χ3v) is 5.99. The highest BCUT2D eigenvalue weighted by molar-refractivity contribution is 7.89. The van der Waals surface area contributed by atoms with Crippen molar-refractivity contribution in [3.05, 3.63) is 16.3 Å². The lowest BCUT2D eigenvalue weighted by Crippen LogP contribution is -2.33. The number of nitrogens with zero attached hydrogens (tertiary/aromatic N) is 1. The molecule has 0 aliphatic carbocycles. The van der Waals surface area contributed by atoms with Crippen molar-refractivity contribution in [1.82, 2.24) is 4.31 Å². The van der Waals surface area contributed by atoms with Crippen molar-refractivity contribution in [1.29, 1.82) is 0 Å². The van der Waals surface area contributed by atoms with Crippen molar-refractivity contribution in [3.63, 3.8) is 0 Å². The molecule has 0 spiro atoms. The smallest absolute Gasteiger partial charge is 0.243 e. The molecule has 0 aromatic carbocycles. The second kappa shape index (κ2) is 5.67. The highest BCUT2D eigenvalue weighted by atomic mass is 35.5. The Bertz CT molecular complexity index is 464. The highest BCUT2D eigenvalue weighted by Gasteiger charge is 2.26. The summed E-state index contributed by atoms with van der Waals surface area (Å²) in [5, 5.41) is 1.65. The number of hydrogen-bond acceptors (Lipinski definition) is 4. The van der Waals surface area contributed by atoms with Crippen molar-refractivity contribution in [2.45, 2.75) is 17.2 Å². The molecule has 1 aromatic rings. The van der Waals surface area contributed by atoms with E-state index >= 15 is 0 Å². The summed E-state index contributed by atoms with van der Waals surface area (Å²) in [6.07, 6.45) is 0.742. The molecule has 1 aliphatic rings. The van der Waals surface area contributed by atoms with Gasteiger partial charge in [0, 0.05) is 30.0 Å². The Labute approximate surface area is 110 Å². The van der Waals surface area contributed by atoms with E-state index in [0.29, 0.717) is 37.1 Å². The third kappa shape index (κ3) is 3.00. The standard InChI is InChI=1S/C10H14ClNO3S2/c11-7-9-6-10(8-16-9)17(13,14)12-2-1-4-15-5-3-12/h6,8H,1-5,7H2. The van der Waals surface area contributed by atoms with E-state index in [2.05, 4.69) is 0 Å². The van der Waals surface area contributed by atoms with E-state index < -0.39 is 10.0 Å². The summed E-state index contributed by atoms with van der Waals surface area (Å²) in [5.74, 6) is 0.350. The van der Waals surface area contributed by atoms with E-state index in [4.69, 9.17) is 16.3 Å². The average Bonchev–Trinajstić information content (AvgIpc) is 2.64. The highest BCUT2D eigenvalue weighted by Crippen LogP contribution is 2.24. The van der Waals surface area contributed by atoms with Crippen LogP contribution in [0.25, 0.3) is 0 Å². The van der Waals surface area contributed by atoms with Crippen molar-refractivity contribution < 1.29 is 13.2 Å². The fourth-order valence-corrected chi connectivity index (χ4v) is 4.52. The van der Waals surface area contributed by atoms with Crippen molar-refractivity contribution >= 4 is 33.0 Å². The SMILES string of the molecule is O=S(=O)(c1csc(CCl)c1)N1CCCOCC1. The molecule has 1 fully saturated rings. The van der Waals surface area contributed by atoms with Gasteiger partial charge >= 0.3 is 0 Å². The van der Waals surface area contributed by atoms with Gasteiger partial charge in [-0.1, -0.05) is 0 Å². The fourth-order valence-electron chi connectivity index (χ4n) is 1.68. The number of rotatable bonds is 3. The minimum atomic E-state index is -3.37. The first-order valence-electron chi connectivity index (χ1n) is 5.36. The second-order valence-electron chi connectivity index (χ2n) is 3.75. The van der Waals surface area contributed by atoms with Gasteiger partial charge in [-0.15, -0.1) is 22.9 Å². The molecule has 0 bridgehead atoms. The number of sulfonamides is 1. The fraction of sp³-hybridized carbons (Fsp3) is 0.600. The zero-order chi connectivity index (χ0) is 12.3. The first-order valence-corrected chi connectivity index (χ1v) is 8.21. The Balaban J connectivity index is 2.22. The molecule has 0 radical (unpaired) electrons. The normalized spacial score (nSPS) is 19.1. The van der Waals surface area contributed by atoms with Crippen LogP contribution in [0.1, 0.15) is 11.3 Å². The van der Waals surface area contributed by atoms with Gasteiger partial charge in [0.25, 0.3) is 0 Å².